The minimum Gasteiger partial charge on any atom is -0.478 e. The zero-order valence-electron chi connectivity index (χ0n) is 8.88. The van der Waals surface area contributed by atoms with E-state index >= 15 is 0 Å². The van der Waals surface area contributed by atoms with E-state index in [1.165, 1.54) is 12.1 Å². The van der Waals surface area contributed by atoms with Gasteiger partial charge in [0.25, 0.3) is 0 Å². The number of likely N-dealkylation sites (N-methyl/N-ethyl adjacent to an activating group) is 1. The second kappa shape index (κ2) is 5.86. The van der Waals surface area contributed by atoms with Gasteiger partial charge in [0.05, 0.1) is 17.3 Å². The molecule has 0 aliphatic heterocycles. The molecule has 1 aromatic rings. The van der Waals surface area contributed by atoms with Crippen molar-refractivity contribution in [3.63, 3.8) is 0 Å². The number of hydrogen-bond donors (Lipinski definition) is 3. The summed E-state index contributed by atoms with van der Waals surface area (Å²) >= 11 is 11.5. The lowest BCUT2D eigenvalue weighted by molar-refractivity contribution is -0.115. The van der Waals surface area contributed by atoms with Crippen molar-refractivity contribution in [1.29, 1.82) is 0 Å². The highest BCUT2D eigenvalue weighted by molar-refractivity contribution is 6.37. The van der Waals surface area contributed by atoms with Gasteiger partial charge < -0.3 is 15.7 Å². The molecule has 1 aromatic carbocycles. The molecule has 0 spiro atoms. The largest absolute Gasteiger partial charge is 0.478 e. The summed E-state index contributed by atoms with van der Waals surface area (Å²) in [5.74, 6) is -1.61. The van der Waals surface area contributed by atoms with E-state index in [1.807, 2.05) is 0 Å². The quantitative estimate of drug-likeness (QED) is 0.784. The molecule has 0 saturated heterocycles. The van der Waals surface area contributed by atoms with Gasteiger partial charge in [-0.05, 0) is 19.2 Å². The molecule has 0 saturated carbocycles. The van der Waals surface area contributed by atoms with Crippen molar-refractivity contribution in [2.45, 2.75) is 0 Å². The number of aromatic carboxylic acids is 1. The number of carbonyl (C=O) groups excluding carboxylic acids is 1. The van der Waals surface area contributed by atoms with Gasteiger partial charge in [0.2, 0.25) is 5.91 Å². The molecule has 5 nitrogen and oxygen atoms in total. The van der Waals surface area contributed by atoms with Crippen LogP contribution in [0, 0.1) is 0 Å². The predicted octanol–water partition coefficient (Wildman–Crippen LogP) is 1.85. The zero-order valence-corrected chi connectivity index (χ0v) is 10.4. The Labute approximate surface area is 108 Å². The maximum Gasteiger partial charge on any atom is 0.339 e. The van der Waals surface area contributed by atoms with Crippen LogP contribution < -0.4 is 10.6 Å². The van der Waals surface area contributed by atoms with E-state index in [4.69, 9.17) is 28.3 Å². The summed E-state index contributed by atoms with van der Waals surface area (Å²) in [6.07, 6.45) is 0. The summed E-state index contributed by atoms with van der Waals surface area (Å²) in [5, 5.41) is 14.3. The van der Waals surface area contributed by atoms with Crippen molar-refractivity contribution in [2.75, 3.05) is 18.9 Å². The molecule has 7 heteroatoms. The number of carboxylic acid groups (broad SMARTS) is 1. The second-order valence-electron chi connectivity index (χ2n) is 3.19. The molecule has 3 N–H and O–H groups in total. The van der Waals surface area contributed by atoms with Gasteiger partial charge >= 0.3 is 5.97 Å². The van der Waals surface area contributed by atoms with Gasteiger partial charge in [-0.15, -0.1) is 0 Å². The lowest BCUT2D eigenvalue weighted by atomic mass is 10.1. The smallest absolute Gasteiger partial charge is 0.339 e. The van der Waals surface area contributed by atoms with Gasteiger partial charge in [0, 0.05) is 5.02 Å². The molecule has 1 amide bonds. The zero-order chi connectivity index (χ0) is 13.0. The number of nitrogens with one attached hydrogen (secondary N) is 2. The van der Waals surface area contributed by atoms with E-state index < -0.39 is 5.97 Å². The number of hydrogen-bond acceptors (Lipinski definition) is 3. The fraction of sp³-hybridized carbons (Fsp3) is 0.200. The Morgan fingerprint density at radius 1 is 1.35 bits per heavy atom. The van der Waals surface area contributed by atoms with Crippen LogP contribution in [0.15, 0.2) is 12.1 Å². The van der Waals surface area contributed by atoms with Crippen LogP contribution >= 0.6 is 23.2 Å². The Morgan fingerprint density at radius 3 is 2.53 bits per heavy atom. The number of benzene rings is 1. The molecule has 0 heterocycles. The van der Waals surface area contributed by atoms with Gasteiger partial charge in [-0.1, -0.05) is 23.2 Å². The maximum atomic E-state index is 11.4. The highest BCUT2D eigenvalue weighted by atomic mass is 35.5. The summed E-state index contributed by atoms with van der Waals surface area (Å²) in [5.41, 5.74) is -0.101. The topological polar surface area (TPSA) is 78.4 Å². The van der Waals surface area contributed by atoms with Crippen LogP contribution in [0.4, 0.5) is 5.69 Å². The van der Waals surface area contributed by atoms with Crippen LogP contribution in [0.1, 0.15) is 10.4 Å². The Kier molecular flexibility index (Phi) is 4.74. The van der Waals surface area contributed by atoms with Gasteiger partial charge in [-0.25, -0.2) is 4.79 Å². The molecule has 0 bridgehead atoms. The van der Waals surface area contributed by atoms with Crippen molar-refractivity contribution in [3.8, 4) is 0 Å². The van der Waals surface area contributed by atoms with Gasteiger partial charge in [-0.3, -0.25) is 4.79 Å². The lowest BCUT2D eigenvalue weighted by Gasteiger charge is -2.10. The Balaban J connectivity index is 3.12. The molecule has 0 aliphatic rings. The normalized spacial score (nSPS) is 10.1. The fourth-order valence-electron chi connectivity index (χ4n) is 1.24. The summed E-state index contributed by atoms with van der Waals surface area (Å²) in [6, 6.07) is 2.64. The highest BCUT2D eigenvalue weighted by Gasteiger charge is 2.17. The summed E-state index contributed by atoms with van der Waals surface area (Å²) < 4.78 is 0. The first-order chi connectivity index (χ1) is 7.95. The summed E-state index contributed by atoms with van der Waals surface area (Å²) in [7, 11) is 1.60. The molecule has 17 heavy (non-hydrogen) atoms. The minimum absolute atomic E-state index is 0.0234. The third-order valence-corrected chi connectivity index (χ3v) is 2.40. The summed E-state index contributed by atoms with van der Waals surface area (Å²) in [4.78, 5) is 22.4. The average molecular weight is 277 g/mol. The van der Waals surface area contributed by atoms with Crippen molar-refractivity contribution in [1.82, 2.24) is 5.32 Å². The lowest BCUT2D eigenvalue weighted by Crippen LogP contribution is -2.26. The fourth-order valence-corrected chi connectivity index (χ4v) is 1.82. The monoisotopic (exact) mass is 276 g/mol. The van der Waals surface area contributed by atoms with E-state index in [9.17, 15) is 9.59 Å². The van der Waals surface area contributed by atoms with E-state index in [0.29, 0.717) is 0 Å². The van der Waals surface area contributed by atoms with Gasteiger partial charge in [0.15, 0.2) is 0 Å². The van der Waals surface area contributed by atoms with E-state index in [1.54, 1.807) is 7.05 Å². The molecular formula is C10H10Cl2N2O3. The Morgan fingerprint density at radius 2 is 2.00 bits per heavy atom. The Hall–Kier alpha value is -1.30. The molecule has 0 radical (unpaired) electrons. The number of carbonyl (C=O) groups is 2. The van der Waals surface area contributed by atoms with Crippen molar-refractivity contribution in [3.05, 3.63) is 27.7 Å². The minimum atomic E-state index is -1.23. The number of halogens is 2. The van der Waals surface area contributed by atoms with Crippen LogP contribution in [0.3, 0.4) is 0 Å². The number of carboxylic acids is 1. The van der Waals surface area contributed by atoms with Crippen LogP contribution in [-0.2, 0) is 4.79 Å². The van der Waals surface area contributed by atoms with Crippen LogP contribution in [0.25, 0.3) is 0 Å². The van der Waals surface area contributed by atoms with Crippen LogP contribution in [0.2, 0.25) is 10.0 Å². The van der Waals surface area contributed by atoms with E-state index in [-0.39, 0.29) is 33.7 Å². The van der Waals surface area contributed by atoms with E-state index in [2.05, 4.69) is 10.6 Å². The molecule has 0 atom stereocenters. The molecule has 1 rings (SSSR count). The SMILES string of the molecule is CNCC(=O)Nc1cc(Cl)cc(Cl)c1C(=O)O. The first-order valence-electron chi connectivity index (χ1n) is 4.62. The van der Waals surface area contributed by atoms with Crippen molar-refractivity contribution < 1.29 is 14.7 Å². The van der Waals surface area contributed by atoms with Crippen LogP contribution in [-0.4, -0.2) is 30.6 Å². The van der Waals surface area contributed by atoms with Crippen LogP contribution in [0.5, 0.6) is 0 Å². The van der Waals surface area contributed by atoms with Gasteiger partial charge in [0.1, 0.15) is 5.56 Å². The van der Waals surface area contributed by atoms with Crippen molar-refractivity contribution in [2.24, 2.45) is 0 Å². The Bertz CT molecular complexity index is 463. The third kappa shape index (κ3) is 3.59. The van der Waals surface area contributed by atoms with Crippen molar-refractivity contribution >= 4 is 40.8 Å². The molecule has 92 valence electrons. The van der Waals surface area contributed by atoms with E-state index in [0.717, 1.165) is 0 Å². The first-order valence-corrected chi connectivity index (χ1v) is 5.38. The molecule has 0 fully saturated rings. The number of rotatable bonds is 4. The standard InChI is InChI=1S/C10H10Cl2N2O3/c1-13-4-8(15)14-7-3-5(11)2-6(12)9(7)10(16)17/h2-3,13H,4H2,1H3,(H,14,15)(H,16,17). The number of anilines is 1. The third-order valence-electron chi connectivity index (χ3n) is 1.88. The predicted molar refractivity (Wildman–Crippen MR) is 66.0 cm³/mol. The first kappa shape index (κ1) is 13.8. The second-order valence-corrected chi connectivity index (χ2v) is 4.04. The van der Waals surface area contributed by atoms with Gasteiger partial charge in [-0.2, -0.15) is 0 Å². The summed E-state index contributed by atoms with van der Waals surface area (Å²) in [6.45, 7) is 0.0587. The molecular weight excluding hydrogens is 267 g/mol. The highest BCUT2D eigenvalue weighted by Crippen LogP contribution is 2.29. The molecule has 0 aliphatic carbocycles. The number of amides is 1. The average Bonchev–Trinajstić information content (AvgIpc) is 2.15. The maximum absolute atomic E-state index is 11.4. The molecule has 0 aromatic heterocycles. The molecule has 0 unspecified atom stereocenters.